The zero-order valence-corrected chi connectivity index (χ0v) is 19.3. The van der Waals surface area contributed by atoms with Gasteiger partial charge in [-0.05, 0) is 41.8 Å². The summed E-state index contributed by atoms with van der Waals surface area (Å²) in [7, 11) is 0. The van der Waals surface area contributed by atoms with Gasteiger partial charge in [-0.25, -0.2) is 0 Å². The van der Waals surface area contributed by atoms with Crippen molar-refractivity contribution in [2.45, 2.75) is 52.2 Å². The summed E-state index contributed by atoms with van der Waals surface area (Å²) < 4.78 is 11.1. The topological polar surface area (TPSA) is 79.2 Å². The molecule has 3 N–H and O–H groups in total. The Bertz CT molecular complexity index is 746. The van der Waals surface area contributed by atoms with Crippen LogP contribution >= 0.6 is 11.6 Å². The number of benzene rings is 2. The molecule has 0 aliphatic rings. The third-order valence-corrected chi connectivity index (χ3v) is 5.09. The van der Waals surface area contributed by atoms with Crippen LogP contribution < -0.4 is 9.47 Å². The van der Waals surface area contributed by atoms with E-state index < -0.39 is 12.2 Å². The number of aliphatic hydroxyl groups is 3. The van der Waals surface area contributed by atoms with Gasteiger partial charge in [-0.2, -0.15) is 0 Å². The summed E-state index contributed by atoms with van der Waals surface area (Å²) in [6.07, 6.45) is -1.57. The van der Waals surface area contributed by atoms with Crippen LogP contribution in [0.5, 0.6) is 11.5 Å². The van der Waals surface area contributed by atoms with Crippen molar-refractivity contribution in [3.8, 4) is 11.5 Å². The number of rotatable bonds is 10. The lowest BCUT2D eigenvalue weighted by Gasteiger charge is -2.27. The molecule has 30 heavy (non-hydrogen) atoms. The predicted molar refractivity (Wildman–Crippen MR) is 122 cm³/mol. The van der Waals surface area contributed by atoms with E-state index in [2.05, 4.69) is 19.9 Å². The van der Waals surface area contributed by atoms with Gasteiger partial charge in [-0.1, -0.05) is 52.0 Å². The van der Waals surface area contributed by atoms with E-state index in [1.807, 2.05) is 57.2 Å². The van der Waals surface area contributed by atoms with Crippen LogP contribution in [0.25, 0.3) is 0 Å². The van der Waals surface area contributed by atoms with Crippen LogP contribution in [0, 0.1) is 6.92 Å². The Hall–Kier alpha value is -1.79. The van der Waals surface area contributed by atoms with Gasteiger partial charge >= 0.3 is 0 Å². The van der Waals surface area contributed by atoms with E-state index in [-0.39, 0.29) is 31.1 Å². The van der Waals surface area contributed by atoms with E-state index in [0.717, 1.165) is 22.4 Å². The summed E-state index contributed by atoms with van der Waals surface area (Å²) in [4.78, 5) is 0. The van der Waals surface area contributed by atoms with Gasteiger partial charge in [0.05, 0.1) is 12.5 Å². The molecule has 0 amide bonds. The van der Waals surface area contributed by atoms with Crippen LogP contribution in [0.1, 0.15) is 44.4 Å². The molecule has 6 heteroatoms. The highest BCUT2D eigenvalue weighted by Gasteiger charge is 2.24. The van der Waals surface area contributed by atoms with E-state index in [1.54, 1.807) is 0 Å². The number of hydrogen-bond donors (Lipinski definition) is 3. The summed E-state index contributed by atoms with van der Waals surface area (Å²) in [6, 6.07) is 13.7. The lowest BCUT2D eigenvalue weighted by molar-refractivity contribution is 0.0536. The quantitative estimate of drug-likeness (QED) is 0.487. The van der Waals surface area contributed by atoms with Crippen LogP contribution in [-0.4, -0.2) is 53.2 Å². The molecule has 168 valence electrons. The van der Waals surface area contributed by atoms with Gasteiger partial charge in [0.1, 0.15) is 36.9 Å². The fourth-order valence-corrected chi connectivity index (χ4v) is 2.90. The molecule has 0 saturated carbocycles. The lowest BCUT2D eigenvalue weighted by atomic mass is 9.77. The summed E-state index contributed by atoms with van der Waals surface area (Å²) in [6.45, 7) is 10.2. The maximum Gasteiger partial charge on any atom is 0.122 e. The van der Waals surface area contributed by atoms with Gasteiger partial charge in [-0.3, -0.25) is 0 Å². The van der Waals surface area contributed by atoms with Crippen molar-refractivity contribution < 1.29 is 24.8 Å². The van der Waals surface area contributed by atoms with Crippen molar-refractivity contribution >= 4 is 11.6 Å². The number of alkyl halides is 1. The SMILES string of the molecule is CC.Cc1cc(C(C)(C)c2ccc(OCC(O)CO)cc2)ccc1OCC(O)CCl. The van der Waals surface area contributed by atoms with Gasteiger partial charge in [0.2, 0.25) is 0 Å². The normalized spacial score (nSPS) is 13.1. The second kappa shape index (κ2) is 12.8. The monoisotopic (exact) mass is 438 g/mol. The zero-order chi connectivity index (χ0) is 22.7. The Balaban J connectivity index is 0.00000218. The average molecular weight is 439 g/mol. The first-order chi connectivity index (χ1) is 14.3. The van der Waals surface area contributed by atoms with Crippen molar-refractivity contribution in [3.05, 3.63) is 59.2 Å². The zero-order valence-electron chi connectivity index (χ0n) is 18.6. The van der Waals surface area contributed by atoms with E-state index in [1.165, 1.54) is 0 Å². The summed E-state index contributed by atoms with van der Waals surface area (Å²) in [5, 5.41) is 27.8. The van der Waals surface area contributed by atoms with Crippen LogP contribution in [0.4, 0.5) is 0 Å². The minimum absolute atomic E-state index is 0.0539. The van der Waals surface area contributed by atoms with Gasteiger partial charge in [0.15, 0.2) is 0 Å². The smallest absolute Gasteiger partial charge is 0.122 e. The number of halogens is 1. The molecule has 0 aromatic heterocycles. The molecule has 0 saturated heterocycles. The average Bonchev–Trinajstić information content (AvgIpc) is 2.77. The second-order valence-electron chi connectivity index (χ2n) is 7.40. The maximum absolute atomic E-state index is 9.55. The standard InChI is InChI=1S/C22H29ClO5.C2H6/c1-15-10-17(6-9-21(15)28-13-18(25)11-23)22(2,3)16-4-7-20(8-5-16)27-14-19(26)12-24;1-2/h4-10,18-19,24-26H,11-14H2,1-3H3;1-2H3. The third-order valence-electron chi connectivity index (χ3n) is 4.74. The fraction of sp³-hybridized carbons (Fsp3) is 0.500. The molecular formula is C24H35ClO5. The molecule has 2 aromatic carbocycles. The lowest BCUT2D eigenvalue weighted by Crippen LogP contribution is -2.22. The molecule has 2 rings (SSSR count). The van der Waals surface area contributed by atoms with Crippen LogP contribution in [-0.2, 0) is 5.41 Å². The Morgan fingerprint density at radius 2 is 1.47 bits per heavy atom. The van der Waals surface area contributed by atoms with Crippen LogP contribution in [0.3, 0.4) is 0 Å². The van der Waals surface area contributed by atoms with Crippen LogP contribution in [0.15, 0.2) is 42.5 Å². The van der Waals surface area contributed by atoms with Gasteiger partial charge in [-0.15, -0.1) is 11.6 Å². The first-order valence-electron chi connectivity index (χ1n) is 10.3. The summed E-state index contributed by atoms with van der Waals surface area (Å²) in [5.74, 6) is 1.52. The van der Waals surface area contributed by atoms with Crippen molar-refractivity contribution in [2.75, 3.05) is 25.7 Å². The largest absolute Gasteiger partial charge is 0.491 e. The number of aryl methyl sites for hydroxylation is 1. The molecule has 0 radical (unpaired) electrons. The molecule has 2 aromatic rings. The molecule has 0 heterocycles. The van der Waals surface area contributed by atoms with E-state index in [0.29, 0.717) is 5.75 Å². The Morgan fingerprint density at radius 1 is 0.900 bits per heavy atom. The highest BCUT2D eigenvalue weighted by molar-refractivity contribution is 6.18. The second-order valence-corrected chi connectivity index (χ2v) is 7.70. The highest BCUT2D eigenvalue weighted by atomic mass is 35.5. The third kappa shape index (κ3) is 7.47. The van der Waals surface area contributed by atoms with Gasteiger partial charge in [0, 0.05) is 5.41 Å². The molecule has 0 spiro atoms. The minimum atomic E-state index is -0.884. The Labute approximate surface area is 185 Å². The van der Waals surface area contributed by atoms with E-state index >= 15 is 0 Å². The van der Waals surface area contributed by atoms with Crippen molar-refractivity contribution in [1.82, 2.24) is 0 Å². The number of aliphatic hydroxyl groups excluding tert-OH is 3. The molecule has 0 aliphatic carbocycles. The first-order valence-corrected chi connectivity index (χ1v) is 10.8. The van der Waals surface area contributed by atoms with E-state index in [4.69, 9.17) is 26.2 Å². The maximum atomic E-state index is 9.55. The highest BCUT2D eigenvalue weighted by Crippen LogP contribution is 2.34. The molecule has 0 bridgehead atoms. The van der Waals surface area contributed by atoms with E-state index in [9.17, 15) is 10.2 Å². The Morgan fingerprint density at radius 3 is 2.00 bits per heavy atom. The summed E-state index contributed by atoms with van der Waals surface area (Å²) >= 11 is 5.60. The molecule has 5 nitrogen and oxygen atoms in total. The van der Waals surface area contributed by atoms with Gasteiger partial charge in [0.25, 0.3) is 0 Å². The van der Waals surface area contributed by atoms with Crippen molar-refractivity contribution in [2.24, 2.45) is 0 Å². The Kier molecular flexibility index (Phi) is 11.2. The van der Waals surface area contributed by atoms with Gasteiger partial charge < -0.3 is 24.8 Å². The molecule has 2 unspecified atom stereocenters. The number of ether oxygens (including phenoxy) is 2. The molecule has 2 atom stereocenters. The van der Waals surface area contributed by atoms with Crippen molar-refractivity contribution in [1.29, 1.82) is 0 Å². The summed E-state index contributed by atoms with van der Waals surface area (Å²) in [5.41, 5.74) is 3.01. The predicted octanol–water partition coefficient (Wildman–Crippen LogP) is 4.06. The first kappa shape index (κ1) is 26.2. The van der Waals surface area contributed by atoms with Crippen LogP contribution in [0.2, 0.25) is 0 Å². The fourth-order valence-electron chi connectivity index (χ4n) is 2.81. The van der Waals surface area contributed by atoms with Crippen molar-refractivity contribution in [3.63, 3.8) is 0 Å². The minimum Gasteiger partial charge on any atom is -0.491 e. The molecular weight excluding hydrogens is 404 g/mol. The number of hydrogen-bond acceptors (Lipinski definition) is 5. The molecule has 0 fully saturated rings. The molecule has 0 aliphatic heterocycles.